The molecule has 172 valence electrons. The van der Waals surface area contributed by atoms with Gasteiger partial charge in [0.1, 0.15) is 0 Å². The van der Waals surface area contributed by atoms with Gasteiger partial charge in [-0.05, 0) is 49.1 Å². The number of benzene rings is 2. The van der Waals surface area contributed by atoms with Crippen molar-refractivity contribution >= 4 is 21.6 Å². The number of carbonyl (C=O) groups excluding carboxylic acids is 1. The van der Waals surface area contributed by atoms with Gasteiger partial charge in [0.05, 0.1) is 23.7 Å². The maximum atomic E-state index is 13.1. The lowest BCUT2D eigenvalue weighted by atomic mass is 10.1. The molecule has 0 bridgehead atoms. The summed E-state index contributed by atoms with van der Waals surface area (Å²) < 4.78 is 33.2. The van der Waals surface area contributed by atoms with Crippen molar-refractivity contribution in [1.82, 2.24) is 9.21 Å². The Bertz CT molecular complexity index is 1010. The molecule has 0 unspecified atom stereocenters. The molecule has 2 saturated heterocycles. The van der Waals surface area contributed by atoms with E-state index in [0.717, 1.165) is 58.5 Å². The van der Waals surface area contributed by atoms with Gasteiger partial charge < -0.3 is 10.1 Å². The van der Waals surface area contributed by atoms with E-state index in [1.165, 1.54) is 15.9 Å². The lowest BCUT2D eigenvalue weighted by molar-refractivity contribution is 0.0384. The second-order valence-electron chi connectivity index (χ2n) is 8.32. The van der Waals surface area contributed by atoms with Crippen LogP contribution in [0.3, 0.4) is 0 Å². The van der Waals surface area contributed by atoms with Crippen LogP contribution in [0.5, 0.6) is 0 Å². The largest absolute Gasteiger partial charge is 0.379 e. The molecule has 32 heavy (non-hydrogen) atoms. The third kappa shape index (κ3) is 5.56. The van der Waals surface area contributed by atoms with Gasteiger partial charge in [-0.25, -0.2) is 8.42 Å². The van der Waals surface area contributed by atoms with Crippen molar-refractivity contribution in [1.29, 1.82) is 0 Å². The number of piperidine rings is 1. The second-order valence-corrected chi connectivity index (χ2v) is 10.2. The number of hydrogen-bond acceptors (Lipinski definition) is 5. The van der Waals surface area contributed by atoms with Crippen LogP contribution in [-0.4, -0.2) is 69.5 Å². The van der Waals surface area contributed by atoms with E-state index in [2.05, 4.69) is 10.2 Å². The SMILES string of the molecule is O=C(Nc1ccc(CCN2CCOCC2)cc1)c1ccccc1S(=O)(=O)N1CCCCC1. The minimum absolute atomic E-state index is 0.0709. The van der Waals surface area contributed by atoms with Crippen LogP contribution in [0.15, 0.2) is 53.4 Å². The van der Waals surface area contributed by atoms with Gasteiger partial charge >= 0.3 is 0 Å². The van der Waals surface area contributed by atoms with Crippen molar-refractivity contribution in [2.45, 2.75) is 30.6 Å². The Morgan fingerprint density at radius 2 is 1.59 bits per heavy atom. The van der Waals surface area contributed by atoms with Crippen LogP contribution in [0.1, 0.15) is 35.2 Å². The number of rotatable bonds is 7. The van der Waals surface area contributed by atoms with Gasteiger partial charge in [-0.3, -0.25) is 9.69 Å². The summed E-state index contributed by atoms with van der Waals surface area (Å²) in [6.45, 7) is 5.51. The standard InChI is InChI=1S/C24H31N3O4S/c28-24(22-6-2-3-7-23(22)32(29,30)27-13-4-1-5-14-27)25-21-10-8-20(9-11-21)12-15-26-16-18-31-19-17-26/h2-3,6-11H,1,4-5,12-19H2,(H,25,28). The van der Waals surface area contributed by atoms with Gasteiger partial charge in [0.25, 0.3) is 5.91 Å². The third-order valence-electron chi connectivity index (χ3n) is 6.10. The molecule has 4 rings (SSSR count). The van der Waals surface area contributed by atoms with Crippen LogP contribution < -0.4 is 5.32 Å². The van der Waals surface area contributed by atoms with E-state index >= 15 is 0 Å². The summed E-state index contributed by atoms with van der Waals surface area (Å²) in [6, 6.07) is 14.2. The molecule has 2 aliphatic heterocycles. The van der Waals surface area contributed by atoms with Gasteiger partial charge in [0, 0.05) is 38.4 Å². The van der Waals surface area contributed by atoms with Crippen molar-refractivity contribution in [3.05, 3.63) is 59.7 Å². The van der Waals surface area contributed by atoms with E-state index in [1.54, 1.807) is 18.2 Å². The maximum absolute atomic E-state index is 13.1. The average Bonchev–Trinajstić information content (AvgIpc) is 2.85. The number of sulfonamides is 1. The highest BCUT2D eigenvalue weighted by Gasteiger charge is 2.29. The molecule has 0 saturated carbocycles. The topological polar surface area (TPSA) is 79.0 Å². The number of morpholine rings is 1. The maximum Gasteiger partial charge on any atom is 0.257 e. The first-order valence-corrected chi connectivity index (χ1v) is 12.8. The molecule has 2 aliphatic rings. The molecule has 0 atom stereocenters. The van der Waals surface area contributed by atoms with Crippen molar-refractivity contribution in [3.63, 3.8) is 0 Å². The molecule has 2 aromatic carbocycles. The van der Waals surface area contributed by atoms with E-state index in [4.69, 9.17) is 4.74 Å². The zero-order valence-corrected chi connectivity index (χ0v) is 19.1. The van der Waals surface area contributed by atoms with Crippen LogP contribution in [0.2, 0.25) is 0 Å². The lowest BCUT2D eigenvalue weighted by Gasteiger charge is -2.26. The van der Waals surface area contributed by atoms with Gasteiger partial charge in [-0.2, -0.15) is 4.31 Å². The van der Waals surface area contributed by atoms with E-state index < -0.39 is 15.9 Å². The Morgan fingerprint density at radius 3 is 2.31 bits per heavy atom. The second kappa shape index (κ2) is 10.6. The summed E-state index contributed by atoms with van der Waals surface area (Å²) in [5, 5.41) is 2.86. The molecule has 7 nitrogen and oxygen atoms in total. The molecule has 1 amide bonds. The fourth-order valence-corrected chi connectivity index (χ4v) is 5.89. The Hall–Kier alpha value is -2.26. The molecule has 0 spiro atoms. The molecular weight excluding hydrogens is 426 g/mol. The zero-order valence-electron chi connectivity index (χ0n) is 18.3. The van der Waals surface area contributed by atoms with Gasteiger partial charge in [0.15, 0.2) is 0 Å². The Morgan fingerprint density at radius 1 is 0.906 bits per heavy atom. The van der Waals surface area contributed by atoms with Crippen molar-refractivity contribution < 1.29 is 17.9 Å². The highest BCUT2D eigenvalue weighted by atomic mass is 32.2. The predicted molar refractivity (Wildman–Crippen MR) is 124 cm³/mol. The summed E-state index contributed by atoms with van der Waals surface area (Å²) in [5.41, 5.74) is 2.02. The van der Waals surface area contributed by atoms with Crippen molar-refractivity contribution in [3.8, 4) is 0 Å². The highest BCUT2D eigenvalue weighted by molar-refractivity contribution is 7.89. The Kier molecular flexibility index (Phi) is 7.57. The average molecular weight is 458 g/mol. The van der Waals surface area contributed by atoms with Gasteiger partial charge in [0.2, 0.25) is 10.0 Å². The monoisotopic (exact) mass is 457 g/mol. The molecule has 2 fully saturated rings. The fourth-order valence-electron chi connectivity index (χ4n) is 4.19. The molecule has 0 aliphatic carbocycles. The zero-order chi connectivity index (χ0) is 22.4. The van der Waals surface area contributed by atoms with Gasteiger partial charge in [-0.1, -0.05) is 30.7 Å². The first-order chi connectivity index (χ1) is 15.5. The molecule has 2 heterocycles. The summed E-state index contributed by atoms with van der Waals surface area (Å²) >= 11 is 0. The Labute approximate surface area is 190 Å². The first-order valence-electron chi connectivity index (χ1n) is 11.3. The highest BCUT2D eigenvalue weighted by Crippen LogP contribution is 2.24. The minimum atomic E-state index is -3.70. The number of hydrogen-bond donors (Lipinski definition) is 1. The minimum Gasteiger partial charge on any atom is -0.379 e. The molecule has 1 N–H and O–H groups in total. The van der Waals surface area contributed by atoms with E-state index in [1.807, 2.05) is 24.3 Å². The third-order valence-corrected chi connectivity index (χ3v) is 8.05. The van der Waals surface area contributed by atoms with Crippen LogP contribution >= 0.6 is 0 Å². The summed E-state index contributed by atoms with van der Waals surface area (Å²) in [5.74, 6) is -0.415. The van der Waals surface area contributed by atoms with Crippen LogP contribution in [0, 0.1) is 0 Å². The summed E-state index contributed by atoms with van der Waals surface area (Å²) in [4.78, 5) is 15.4. The van der Waals surface area contributed by atoms with Crippen molar-refractivity contribution in [2.24, 2.45) is 0 Å². The summed E-state index contributed by atoms with van der Waals surface area (Å²) in [6.07, 6.45) is 3.68. The first kappa shape index (κ1) is 22.9. The fraction of sp³-hybridized carbons (Fsp3) is 0.458. The quantitative estimate of drug-likeness (QED) is 0.692. The molecule has 8 heteroatoms. The normalized spacial score (nSPS) is 18.4. The van der Waals surface area contributed by atoms with Crippen LogP contribution in [-0.2, 0) is 21.2 Å². The molecular formula is C24H31N3O4S. The predicted octanol–water partition coefficient (Wildman–Crippen LogP) is 2.99. The molecule has 2 aromatic rings. The van der Waals surface area contributed by atoms with Gasteiger partial charge in [-0.15, -0.1) is 0 Å². The van der Waals surface area contributed by atoms with E-state index in [-0.39, 0.29) is 10.5 Å². The Balaban J connectivity index is 1.42. The molecule has 0 aromatic heterocycles. The number of nitrogens with zero attached hydrogens (tertiary/aromatic N) is 2. The van der Waals surface area contributed by atoms with Crippen molar-refractivity contribution in [2.75, 3.05) is 51.3 Å². The number of ether oxygens (including phenoxy) is 1. The van der Waals surface area contributed by atoms with Crippen LogP contribution in [0.25, 0.3) is 0 Å². The number of carbonyl (C=O) groups is 1. The number of amides is 1. The van der Waals surface area contributed by atoms with E-state index in [9.17, 15) is 13.2 Å². The lowest BCUT2D eigenvalue weighted by Crippen LogP contribution is -2.37. The van der Waals surface area contributed by atoms with E-state index in [0.29, 0.717) is 18.8 Å². The molecule has 0 radical (unpaired) electrons. The summed E-state index contributed by atoms with van der Waals surface area (Å²) in [7, 11) is -3.70. The van der Waals surface area contributed by atoms with Crippen LogP contribution in [0.4, 0.5) is 5.69 Å². The number of anilines is 1. The smallest absolute Gasteiger partial charge is 0.257 e. The number of nitrogens with one attached hydrogen (secondary N) is 1.